The van der Waals surface area contributed by atoms with Crippen LogP contribution in [0.4, 0.5) is 11.4 Å². The molecule has 1 N–H and O–H groups in total. The Balaban J connectivity index is 1.53. The topological polar surface area (TPSA) is 58.6 Å². The third-order valence-corrected chi connectivity index (χ3v) is 4.86. The SMILES string of the molecule is O=C(/C=C/c1ccccc1)Nc1ccc2c(c1)N(Cc1cccc(Cl)c1)C(=O)CO2. The number of rotatable bonds is 5. The van der Waals surface area contributed by atoms with Gasteiger partial charge in [-0.25, -0.2) is 0 Å². The van der Waals surface area contributed by atoms with Gasteiger partial charge in [0.25, 0.3) is 5.91 Å². The lowest BCUT2D eigenvalue weighted by Crippen LogP contribution is -2.38. The van der Waals surface area contributed by atoms with Crippen LogP contribution in [0.1, 0.15) is 11.1 Å². The molecule has 0 aromatic heterocycles. The molecule has 5 nitrogen and oxygen atoms in total. The first-order valence-corrected chi connectivity index (χ1v) is 9.82. The fourth-order valence-corrected chi connectivity index (χ4v) is 3.40. The fourth-order valence-electron chi connectivity index (χ4n) is 3.19. The molecular weight excluding hydrogens is 400 g/mol. The van der Waals surface area contributed by atoms with Crippen molar-refractivity contribution in [3.05, 3.63) is 95.0 Å². The highest BCUT2D eigenvalue weighted by molar-refractivity contribution is 6.30. The zero-order valence-electron chi connectivity index (χ0n) is 16.0. The van der Waals surface area contributed by atoms with Crippen molar-refractivity contribution in [2.75, 3.05) is 16.8 Å². The number of halogens is 1. The second-order valence-electron chi connectivity index (χ2n) is 6.81. The molecule has 1 aliphatic heterocycles. The maximum absolute atomic E-state index is 12.5. The summed E-state index contributed by atoms with van der Waals surface area (Å²) in [5, 5.41) is 3.44. The van der Waals surface area contributed by atoms with Crippen LogP contribution in [0.3, 0.4) is 0 Å². The fraction of sp³-hybridized carbons (Fsp3) is 0.0833. The Morgan fingerprint density at radius 2 is 1.90 bits per heavy atom. The number of ether oxygens (including phenoxy) is 1. The minimum Gasteiger partial charge on any atom is -0.482 e. The number of benzene rings is 3. The van der Waals surface area contributed by atoms with Gasteiger partial charge >= 0.3 is 0 Å². The normalized spacial score (nSPS) is 13.1. The first-order chi connectivity index (χ1) is 14.6. The van der Waals surface area contributed by atoms with Gasteiger partial charge in [0.1, 0.15) is 5.75 Å². The van der Waals surface area contributed by atoms with Crippen LogP contribution in [-0.2, 0) is 16.1 Å². The highest BCUT2D eigenvalue weighted by atomic mass is 35.5. The van der Waals surface area contributed by atoms with E-state index in [4.69, 9.17) is 16.3 Å². The van der Waals surface area contributed by atoms with Gasteiger partial charge in [0.2, 0.25) is 5.91 Å². The van der Waals surface area contributed by atoms with Crippen molar-refractivity contribution in [1.29, 1.82) is 0 Å². The van der Waals surface area contributed by atoms with Crippen LogP contribution in [-0.4, -0.2) is 18.4 Å². The lowest BCUT2D eigenvalue weighted by molar-refractivity contribution is -0.121. The van der Waals surface area contributed by atoms with Crippen molar-refractivity contribution in [3.8, 4) is 5.75 Å². The van der Waals surface area contributed by atoms with E-state index in [2.05, 4.69) is 5.32 Å². The van der Waals surface area contributed by atoms with Crippen molar-refractivity contribution in [3.63, 3.8) is 0 Å². The summed E-state index contributed by atoms with van der Waals surface area (Å²) in [6.45, 7) is 0.333. The van der Waals surface area contributed by atoms with Crippen LogP contribution in [0, 0.1) is 0 Å². The molecule has 6 heteroatoms. The first kappa shape index (κ1) is 19.7. The Morgan fingerprint density at radius 1 is 1.07 bits per heavy atom. The van der Waals surface area contributed by atoms with E-state index in [9.17, 15) is 9.59 Å². The molecule has 0 saturated heterocycles. The number of carbonyl (C=O) groups is 2. The minimum absolute atomic E-state index is 0.0287. The Hall–Kier alpha value is -3.57. The zero-order valence-corrected chi connectivity index (χ0v) is 16.8. The molecule has 0 unspecified atom stereocenters. The van der Waals surface area contributed by atoms with Gasteiger partial charge in [-0.3, -0.25) is 9.59 Å². The number of nitrogens with zero attached hydrogens (tertiary/aromatic N) is 1. The van der Waals surface area contributed by atoms with Crippen LogP contribution in [0.2, 0.25) is 5.02 Å². The van der Waals surface area contributed by atoms with Gasteiger partial charge < -0.3 is 15.0 Å². The highest BCUT2D eigenvalue weighted by Crippen LogP contribution is 2.35. The summed E-state index contributed by atoms with van der Waals surface area (Å²) in [7, 11) is 0. The minimum atomic E-state index is -0.261. The predicted octanol–water partition coefficient (Wildman–Crippen LogP) is 4.92. The Morgan fingerprint density at radius 3 is 2.70 bits per heavy atom. The quantitative estimate of drug-likeness (QED) is 0.598. The van der Waals surface area contributed by atoms with Crippen LogP contribution >= 0.6 is 11.6 Å². The molecule has 0 atom stereocenters. The lowest BCUT2D eigenvalue weighted by atomic mass is 10.1. The third kappa shape index (κ3) is 4.70. The van der Waals surface area contributed by atoms with E-state index in [1.54, 1.807) is 35.2 Å². The van der Waals surface area contributed by atoms with Crippen molar-refractivity contribution in [2.45, 2.75) is 6.54 Å². The van der Waals surface area contributed by atoms with E-state index in [0.29, 0.717) is 28.7 Å². The molecule has 0 aliphatic carbocycles. The predicted molar refractivity (Wildman–Crippen MR) is 119 cm³/mol. The monoisotopic (exact) mass is 418 g/mol. The molecule has 1 heterocycles. The van der Waals surface area contributed by atoms with Crippen molar-refractivity contribution < 1.29 is 14.3 Å². The summed E-state index contributed by atoms with van der Waals surface area (Å²) in [4.78, 5) is 26.5. The smallest absolute Gasteiger partial charge is 0.265 e. The van der Waals surface area contributed by atoms with E-state index in [0.717, 1.165) is 11.1 Å². The van der Waals surface area contributed by atoms with Crippen molar-refractivity contribution >= 4 is 40.9 Å². The zero-order chi connectivity index (χ0) is 20.9. The maximum Gasteiger partial charge on any atom is 0.265 e. The standard InChI is InChI=1S/C24H19ClN2O3/c25-19-8-4-7-18(13-19)15-27-21-14-20(10-11-22(21)30-16-24(27)29)26-23(28)12-9-17-5-2-1-3-6-17/h1-14H,15-16H2,(H,26,28)/b12-9+. The van der Waals surface area contributed by atoms with Crippen molar-refractivity contribution in [2.24, 2.45) is 0 Å². The van der Waals surface area contributed by atoms with Gasteiger partial charge in [0.05, 0.1) is 12.2 Å². The summed E-state index contributed by atoms with van der Waals surface area (Å²) in [6.07, 6.45) is 3.21. The molecule has 0 spiro atoms. The van der Waals surface area contributed by atoms with Crippen LogP contribution in [0.5, 0.6) is 5.75 Å². The molecule has 150 valence electrons. The number of fused-ring (bicyclic) bond motifs is 1. The molecule has 0 radical (unpaired) electrons. The molecule has 0 saturated carbocycles. The second kappa shape index (κ2) is 8.84. The summed E-state index contributed by atoms with van der Waals surface area (Å²) < 4.78 is 5.55. The molecule has 1 aliphatic rings. The van der Waals surface area contributed by atoms with Gasteiger partial charge in [-0.15, -0.1) is 0 Å². The number of nitrogens with one attached hydrogen (secondary N) is 1. The van der Waals surface area contributed by atoms with Gasteiger partial charge in [-0.1, -0.05) is 54.1 Å². The Labute approximate surface area is 179 Å². The summed E-state index contributed by atoms with van der Waals surface area (Å²) in [6, 6.07) is 22.2. The third-order valence-electron chi connectivity index (χ3n) is 4.63. The first-order valence-electron chi connectivity index (χ1n) is 9.44. The molecule has 3 aromatic rings. The summed E-state index contributed by atoms with van der Waals surface area (Å²) >= 11 is 6.07. The molecule has 3 aromatic carbocycles. The largest absolute Gasteiger partial charge is 0.482 e. The Kier molecular flexibility index (Phi) is 5.82. The number of hydrogen-bond acceptors (Lipinski definition) is 3. The molecule has 0 fully saturated rings. The number of hydrogen-bond donors (Lipinski definition) is 1. The number of anilines is 2. The molecule has 4 rings (SSSR count). The van der Waals surface area contributed by atoms with E-state index in [-0.39, 0.29) is 18.4 Å². The molecule has 30 heavy (non-hydrogen) atoms. The van der Waals surface area contributed by atoms with Gasteiger partial charge in [0.15, 0.2) is 6.61 Å². The van der Waals surface area contributed by atoms with Gasteiger partial charge in [-0.2, -0.15) is 0 Å². The van der Waals surface area contributed by atoms with E-state index >= 15 is 0 Å². The van der Waals surface area contributed by atoms with Gasteiger partial charge in [0, 0.05) is 16.8 Å². The second-order valence-corrected chi connectivity index (χ2v) is 7.25. The molecule has 0 bridgehead atoms. The lowest BCUT2D eigenvalue weighted by Gasteiger charge is -2.30. The van der Waals surface area contributed by atoms with Crippen molar-refractivity contribution in [1.82, 2.24) is 0 Å². The van der Waals surface area contributed by atoms with Gasteiger partial charge in [-0.05, 0) is 47.5 Å². The summed E-state index contributed by atoms with van der Waals surface area (Å²) in [5.41, 5.74) is 3.02. The average molecular weight is 419 g/mol. The van der Waals surface area contributed by atoms with E-state index in [1.165, 1.54) is 6.08 Å². The Bertz CT molecular complexity index is 1110. The van der Waals surface area contributed by atoms with E-state index in [1.807, 2.05) is 48.5 Å². The maximum atomic E-state index is 12.5. The summed E-state index contributed by atoms with van der Waals surface area (Å²) in [5.74, 6) is 0.174. The van der Waals surface area contributed by atoms with Crippen LogP contribution in [0.25, 0.3) is 6.08 Å². The van der Waals surface area contributed by atoms with Crippen LogP contribution in [0.15, 0.2) is 78.9 Å². The number of carbonyl (C=O) groups excluding carboxylic acids is 2. The average Bonchev–Trinajstić information content (AvgIpc) is 2.75. The molecule has 2 amide bonds. The molecular formula is C24H19ClN2O3. The van der Waals surface area contributed by atoms with E-state index < -0.39 is 0 Å². The number of amides is 2. The van der Waals surface area contributed by atoms with Crippen LogP contribution < -0.4 is 15.0 Å². The highest BCUT2D eigenvalue weighted by Gasteiger charge is 2.26.